The Morgan fingerprint density at radius 2 is 2.17 bits per heavy atom. The highest BCUT2D eigenvalue weighted by molar-refractivity contribution is 5.93. The van der Waals surface area contributed by atoms with Crippen molar-refractivity contribution in [3.8, 4) is 5.75 Å². The second kappa shape index (κ2) is 4.63. The van der Waals surface area contributed by atoms with E-state index in [1.54, 1.807) is 18.2 Å². The monoisotopic (exact) mass is 247 g/mol. The van der Waals surface area contributed by atoms with Gasteiger partial charge in [-0.05, 0) is 48.9 Å². The van der Waals surface area contributed by atoms with E-state index in [1.807, 2.05) is 6.92 Å². The third kappa shape index (κ3) is 2.50. The highest BCUT2D eigenvalue weighted by Gasteiger charge is 2.39. The van der Waals surface area contributed by atoms with Crippen LogP contribution >= 0.6 is 0 Å². The number of benzene rings is 1. The highest BCUT2D eigenvalue weighted by atomic mass is 16.3. The van der Waals surface area contributed by atoms with E-state index in [1.165, 1.54) is 0 Å². The van der Waals surface area contributed by atoms with Gasteiger partial charge in [-0.1, -0.05) is 20.3 Å². The van der Waals surface area contributed by atoms with E-state index in [2.05, 4.69) is 19.2 Å². The first-order valence-corrected chi connectivity index (χ1v) is 6.50. The van der Waals surface area contributed by atoms with Crippen LogP contribution in [0.2, 0.25) is 0 Å². The molecule has 1 aliphatic rings. The molecule has 1 amide bonds. The summed E-state index contributed by atoms with van der Waals surface area (Å²) in [5.41, 5.74) is 1.63. The predicted molar refractivity (Wildman–Crippen MR) is 72.6 cm³/mol. The van der Waals surface area contributed by atoms with Crippen molar-refractivity contribution in [3.63, 3.8) is 0 Å². The number of phenols is 1. The molecule has 1 aliphatic carbocycles. The van der Waals surface area contributed by atoms with Crippen LogP contribution in [-0.4, -0.2) is 11.0 Å². The predicted octanol–water partition coefficient (Wildman–Crippen LogP) is 3.47. The van der Waals surface area contributed by atoms with Gasteiger partial charge < -0.3 is 10.4 Å². The number of phenolic OH excluding ortho intramolecular Hbond substituents is 1. The minimum Gasteiger partial charge on any atom is -0.508 e. The molecule has 1 aromatic carbocycles. The quantitative estimate of drug-likeness (QED) is 0.786. The minimum atomic E-state index is 0.0895. The Morgan fingerprint density at radius 3 is 2.72 bits per heavy atom. The fraction of sp³-hybridized carbons (Fsp3) is 0.533. The fourth-order valence-electron chi connectivity index (χ4n) is 2.78. The largest absolute Gasteiger partial charge is 0.508 e. The second-order valence-corrected chi connectivity index (χ2v) is 5.92. The van der Waals surface area contributed by atoms with Crippen LogP contribution < -0.4 is 5.32 Å². The van der Waals surface area contributed by atoms with Crippen LogP contribution in [0.3, 0.4) is 0 Å². The molecule has 2 N–H and O–H groups in total. The van der Waals surface area contributed by atoms with Crippen LogP contribution in [0, 0.1) is 18.3 Å². The lowest BCUT2D eigenvalue weighted by molar-refractivity contribution is -0.122. The molecule has 3 nitrogen and oxygen atoms in total. The van der Waals surface area contributed by atoms with Gasteiger partial charge in [-0.25, -0.2) is 0 Å². The molecule has 1 aromatic rings. The summed E-state index contributed by atoms with van der Waals surface area (Å²) >= 11 is 0. The number of carbonyl (C=O) groups excluding carboxylic acids is 1. The maximum atomic E-state index is 12.3. The third-order valence-corrected chi connectivity index (χ3v) is 4.04. The van der Waals surface area contributed by atoms with Gasteiger partial charge in [0.2, 0.25) is 5.91 Å². The maximum absolute atomic E-state index is 12.3. The van der Waals surface area contributed by atoms with Crippen molar-refractivity contribution in [2.24, 2.45) is 11.3 Å². The Bertz CT molecular complexity index is 466. The molecule has 0 bridgehead atoms. The standard InChI is InChI=1S/C15H21NO2/c1-10-9-11(6-7-13(10)17)16-14(18)12-5-4-8-15(12,2)3/h6-7,9,12,17H,4-5,8H2,1-3H3,(H,16,18). The van der Waals surface area contributed by atoms with Crippen molar-refractivity contribution in [1.29, 1.82) is 0 Å². The lowest BCUT2D eigenvalue weighted by Crippen LogP contribution is -2.30. The normalized spacial score (nSPS) is 21.8. The summed E-state index contributed by atoms with van der Waals surface area (Å²) in [4.78, 5) is 12.3. The summed E-state index contributed by atoms with van der Waals surface area (Å²) in [6.07, 6.45) is 3.20. The molecule has 98 valence electrons. The molecule has 1 fully saturated rings. The van der Waals surface area contributed by atoms with Crippen molar-refractivity contribution < 1.29 is 9.90 Å². The molecule has 18 heavy (non-hydrogen) atoms. The van der Waals surface area contributed by atoms with Gasteiger partial charge in [0.25, 0.3) is 0 Å². The van der Waals surface area contributed by atoms with Crippen LogP contribution in [0.25, 0.3) is 0 Å². The summed E-state index contributed by atoms with van der Waals surface area (Å²) in [7, 11) is 0. The Balaban J connectivity index is 2.09. The highest BCUT2D eigenvalue weighted by Crippen LogP contribution is 2.43. The molecule has 1 atom stereocenters. The van der Waals surface area contributed by atoms with Crippen LogP contribution in [0.15, 0.2) is 18.2 Å². The van der Waals surface area contributed by atoms with E-state index in [9.17, 15) is 9.90 Å². The molecule has 0 aromatic heterocycles. The van der Waals surface area contributed by atoms with Crippen molar-refractivity contribution in [2.75, 3.05) is 5.32 Å². The Labute approximate surface area is 108 Å². The zero-order chi connectivity index (χ0) is 13.3. The van der Waals surface area contributed by atoms with Gasteiger partial charge in [0.15, 0.2) is 0 Å². The van der Waals surface area contributed by atoms with Crippen molar-refractivity contribution in [2.45, 2.75) is 40.0 Å². The maximum Gasteiger partial charge on any atom is 0.228 e. The van der Waals surface area contributed by atoms with Crippen molar-refractivity contribution in [1.82, 2.24) is 0 Å². The summed E-state index contributed by atoms with van der Waals surface area (Å²) in [6.45, 7) is 6.14. The van der Waals surface area contributed by atoms with Crippen LogP contribution in [0.5, 0.6) is 5.75 Å². The Morgan fingerprint density at radius 1 is 1.44 bits per heavy atom. The Kier molecular flexibility index (Phi) is 3.33. The summed E-state index contributed by atoms with van der Waals surface area (Å²) in [6, 6.07) is 5.15. The molecule has 0 aliphatic heterocycles. The molecule has 0 spiro atoms. The van der Waals surface area contributed by atoms with Crippen LogP contribution in [0.1, 0.15) is 38.7 Å². The van der Waals surface area contributed by atoms with Gasteiger partial charge in [-0.2, -0.15) is 0 Å². The number of hydrogen-bond acceptors (Lipinski definition) is 2. The molecule has 0 saturated heterocycles. The first kappa shape index (κ1) is 12.9. The van der Waals surface area contributed by atoms with Crippen molar-refractivity contribution in [3.05, 3.63) is 23.8 Å². The van der Waals surface area contributed by atoms with Gasteiger partial charge in [0.05, 0.1) is 0 Å². The number of amides is 1. The Hall–Kier alpha value is -1.51. The molecule has 1 saturated carbocycles. The first-order chi connectivity index (χ1) is 8.40. The number of carbonyl (C=O) groups is 1. The third-order valence-electron chi connectivity index (χ3n) is 4.04. The molecule has 3 heteroatoms. The number of aryl methyl sites for hydroxylation is 1. The summed E-state index contributed by atoms with van der Waals surface area (Å²) in [5, 5.41) is 12.4. The lowest BCUT2D eigenvalue weighted by atomic mass is 9.81. The molecular formula is C15H21NO2. The SMILES string of the molecule is Cc1cc(NC(=O)C2CCCC2(C)C)ccc1O. The van der Waals surface area contributed by atoms with Gasteiger partial charge in [-0.15, -0.1) is 0 Å². The van der Waals surface area contributed by atoms with E-state index < -0.39 is 0 Å². The second-order valence-electron chi connectivity index (χ2n) is 5.92. The van der Waals surface area contributed by atoms with Gasteiger partial charge in [0.1, 0.15) is 5.75 Å². The van der Waals surface area contributed by atoms with Crippen LogP contribution in [0.4, 0.5) is 5.69 Å². The van der Waals surface area contributed by atoms with E-state index in [0.29, 0.717) is 0 Å². The van der Waals surface area contributed by atoms with Crippen LogP contribution in [-0.2, 0) is 4.79 Å². The fourth-order valence-corrected chi connectivity index (χ4v) is 2.78. The van der Waals surface area contributed by atoms with Gasteiger partial charge in [-0.3, -0.25) is 4.79 Å². The smallest absolute Gasteiger partial charge is 0.228 e. The molecule has 0 heterocycles. The topological polar surface area (TPSA) is 49.3 Å². The number of anilines is 1. The molecular weight excluding hydrogens is 226 g/mol. The number of nitrogens with one attached hydrogen (secondary N) is 1. The van der Waals surface area contributed by atoms with Gasteiger partial charge >= 0.3 is 0 Å². The van der Waals surface area contributed by atoms with Gasteiger partial charge in [0, 0.05) is 11.6 Å². The zero-order valence-electron chi connectivity index (χ0n) is 11.3. The summed E-state index contributed by atoms with van der Waals surface area (Å²) < 4.78 is 0. The van der Waals surface area contributed by atoms with E-state index >= 15 is 0 Å². The number of hydrogen-bond donors (Lipinski definition) is 2. The molecule has 2 rings (SSSR count). The van der Waals surface area contributed by atoms with E-state index in [0.717, 1.165) is 30.5 Å². The summed E-state index contributed by atoms with van der Waals surface area (Å²) in [5.74, 6) is 0.448. The zero-order valence-corrected chi connectivity index (χ0v) is 11.3. The van der Waals surface area contributed by atoms with Crippen molar-refractivity contribution >= 4 is 11.6 Å². The minimum absolute atomic E-state index is 0.0895. The average molecular weight is 247 g/mol. The number of rotatable bonds is 2. The number of aromatic hydroxyl groups is 1. The average Bonchev–Trinajstić information content (AvgIpc) is 2.63. The van der Waals surface area contributed by atoms with E-state index in [4.69, 9.17) is 0 Å². The molecule has 0 radical (unpaired) electrons. The van der Waals surface area contributed by atoms with E-state index in [-0.39, 0.29) is 23.0 Å². The molecule has 1 unspecified atom stereocenters. The lowest BCUT2D eigenvalue weighted by Gasteiger charge is -2.25. The first-order valence-electron chi connectivity index (χ1n) is 6.50.